The number of nitro benzene ring substituents is 1. The Bertz CT molecular complexity index is 2040. The van der Waals surface area contributed by atoms with Crippen LogP contribution in [-0.2, 0) is 21.0 Å². The van der Waals surface area contributed by atoms with Crippen molar-refractivity contribution in [2.24, 2.45) is 28.8 Å². The molecular formula is C56H82N4O10. The first-order chi connectivity index (χ1) is 34.1. The highest BCUT2D eigenvalue weighted by Crippen LogP contribution is 2.62. The average molecular weight is 971 g/mol. The Balaban J connectivity index is 1.35. The normalized spacial score (nSPS) is 23.2. The maximum atomic E-state index is 14.5. The molecule has 2 aromatic carbocycles. The number of aliphatic hydroxyl groups is 2. The molecule has 4 aliphatic rings. The smallest absolute Gasteiger partial charge is 0.412 e. The number of oxime groups is 1. The number of nitrogens with zero attached hydrogens (tertiary/aromatic N) is 3. The van der Waals surface area contributed by atoms with Gasteiger partial charge in [-0.25, -0.2) is 4.79 Å². The predicted molar refractivity (Wildman–Crippen MR) is 273 cm³/mol. The number of non-ortho nitro benzene ring substituents is 1. The minimum atomic E-state index is -1.40. The summed E-state index contributed by atoms with van der Waals surface area (Å²) in [6.07, 6.45) is 26.0. The van der Waals surface area contributed by atoms with E-state index in [0.717, 1.165) is 75.3 Å². The maximum Gasteiger partial charge on any atom is 0.412 e. The second-order valence-electron chi connectivity index (χ2n) is 20.2. The lowest BCUT2D eigenvalue weighted by Crippen LogP contribution is -2.69. The van der Waals surface area contributed by atoms with Crippen molar-refractivity contribution in [1.82, 2.24) is 10.2 Å². The summed E-state index contributed by atoms with van der Waals surface area (Å²) in [5.41, 5.74) is 3.09. The highest BCUT2D eigenvalue weighted by atomic mass is 16.7. The van der Waals surface area contributed by atoms with Gasteiger partial charge in [-0.1, -0.05) is 121 Å². The molecule has 2 fully saturated rings. The van der Waals surface area contributed by atoms with E-state index in [0.29, 0.717) is 54.5 Å². The third-order valence-corrected chi connectivity index (χ3v) is 15.3. The minimum Gasteiger partial charge on any atom is -0.459 e. The van der Waals surface area contributed by atoms with Crippen LogP contribution in [0.5, 0.6) is 11.5 Å². The molecule has 14 heteroatoms. The molecule has 6 atom stereocenters. The fraction of sp³-hybridized carbons (Fsp3) is 0.661. The molecule has 14 nitrogen and oxygen atoms in total. The number of nitrogens with one attached hydrogen (secondary N) is 1. The van der Waals surface area contributed by atoms with Crippen LogP contribution in [0.2, 0.25) is 0 Å². The number of carbonyl (C=O) groups excluding carboxylic acids is 2. The van der Waals surface area contributed by atoms with Gasteiger partial charge in [-0.05, 0) is 97.7 Å². The highest BCUT2D eigenvalue weighted by Gasteiger charge is 2.65. The SMILES string of the molecule is C=CCO[C@@]12Oc3ccc(OC(=O)NCCCCCCCCCCCC)cc3[C@H]3[C@H](CCCCO)[C@@H](CCCCO)C=C(C(=NOCc4ccc([N+](=O)[O-])cc4)C[C@@H]1N(C)C(=O)CCC1CCCC1)[C@H]32. The van der Waals surface area contributed by atoms with Gasteiger partial charge in [0, 0.05) is 63.3 Å². The molecule has 1 aliphatic heterocycles. The van der Waals surface area contributed by atoms with Crippen LogP contribution in [0.1, 0.15) is 172 Å². The van der Waals surface area contributed by atoms with Crippen molar-refractivity contribution in [2.45, 2.75) is 179 Å². The predicted octanol–water partition coefficient (Wildman–Crippen LogP) is 11.9. The summed E-state index contributed by atoms with van der Waals surface area (Å²) in [6.45, 7) is 7.14. The topological polar surface area (TPSA) is 182 Å². The van der Waals surface area contributed by atoms with E-state index in [1.54, 1.807) is 29.2 Å². The van der Waals surface area contributed by atoms with E-state index in [4.69, 9.17) is 24.2 Å². The molecule has 2 aromatic rings. The van der Waals surface area contributed by atoms with Crippen molar-refractivity contribution in [3.63, 3.8) is 0 Å². The van der Waals surface area contributed by atoms with Gasteiger partial charge in [-0.3, -0.25) is 14.9 Å². The van der Waals surface area contributed by atoms with Crippen molar-refractivity contribution in [3.05, 3.63) is 88.0 Å². The molecule has 0 saturated heterocycles. The Morgan fingerprint density at radius 3 is 2.29 bits per heavy atom. The van der Waals surface area contributed by atoms with Crippen molar-refractivity contribution >= 4 is 23.4 Å². The number of hydrogen-bond acceptors (Lipinski definition) is 11. The summed E-state index contributed by atoms with van der Waals surface area (Å²) in [6, 6.07) is 11.1. The Hall–Kier alpha value is -4.79. The van der Waals surface area contributed by atoms with Crippen LogP contribution in [0.4, 0.5) is 10.5 Å². The minimum absolute atomic E-state index is 0.00170. The fourth-order valence-electron chi connectivity index (χ4n) is 11.6. The lowest BCUT2D eigenvalue weighted by Gasteiger charge is -2.59. The van der Waals surface area contributed by atoms with Crippen LogP contribution >= 0.6 is 0 Å². The summed E-state index contributed by atoms with van der Waals surface area (Å²) in [7, 11) is 1.84. The number of amides is 2. The van der Waals surface area contributed by atoms with Gasteiger partial charge in [-0.2, -0.15) is 0 Å². The van der Waals surface area contributed by atoms with Gasteiger partial charge in [0.15, 0.2) is 0 Å². The molecule has 0 unspecified atom stereocenters. The highest BCUT2D eigenvalue weighted by molar-refractivity contribution is 6.03. The molecular weight excluding hydrogens is 889 g/mol. The number of nitro groups is 1. The summed E-state index contributed by atoms with van der Waals surface area (Å²) in [4.78, 5) is 46.8. The van der Waals surface area contributed by atoms with Gasteiger partial charge >= 0.3 is 6.09 Å². The molecule has 2 saturated carbocycles. The Morgan fingerprint density at radius 2 is 1.61 bits per heavy atom. The van der Waals surface area contributed by atoms with E-state index in [2.05, 4.69) is 24.9 Å². The molecule has 0 radical (unpaired) electrons. The van der Waals surface area contributed by atoms with Gasteiger partial charge in [-0.15, -0.1) is 6.58 Å². The third kappa shape index (κ3) is 14.7. The largest absolute Gasteiger partial charge is 0.459 e. The van der Waals surface area contributed by atoms with Crippen molar-refractivity contribution in [1.29, 1.82) is 0 Å². The van der Waals surface area contributed by atoms with Gasteiger partial charge in [0.2, 0.25) is 11.7 Å². The zero-order chi connectivity index (χ0) is 49.7. The number of ether oxygens (including phenoxy) is 3. The first kappa shape index (κ1) is 54.5. The van der Waals surface area contributed by atoms with E-state index < -0.39 is 28.8 Å². The molecule has 1 heterocycles. The van der Waals surface area contributed by atoms with Crippen molar-refractivity contribution in [3.8, 4) is 11.5 Å². The quantitative estimate of drug-likeness (QED) is 0.0284. The van der Waals surface area contributed by atoms with Gasteiger partial charge in [0.05, 0.1) is 23.2 Å². The monoisotopic (exact) mass is 971 g/mol. The van der Waals surface area contributed by atoms with Gasteiger partial charge in [0.25, 0.3) is 5.69 Å². The number of aliphatic hydroxyl groups excluding tert-OH is 2. The first-order valence-electron chi connectivity index (χ1n) is 26.8. The lowest BCUT2D eigenvalue weighted by molar-refractivity contribution is -0.384. The average Bonchev–Trinajstić information content (AvgIpc) is 3.89. The lowest BCUT2D eigenvalue weighted by atomic mass is 9.55. The molecule has 2 amide bonds. The van der Waals surface area contributed by atoms with E-state index in [9.17, 15) is 29.9 Å². The Kier molecular flexibility index (Phi) is 22.1. The standard InChI is InChI=1S/C56H82N4O10/c1-4-6-7-8-9-10-11-12-13-18-33-57-55(64)69-45-30-31-50-48(38-45)53-46(24-17-20-35-62)43(23-16-19-34-61)37-47-49(58-68-40-42-25-28-44(29-26-42)60(65)66)39-51(56(70-50,54(47)53)67-36-5-2)59(3)52(63)32-27-41-21-14-15-22-41/h5,25-26,28-31,37-38,41,43,46,51,53-54,61-62H,2,4,6-24,27,32-36,39-40H2,1,3H3,(H,57,64)/t43-,46+,51-,53+,54+,56+/m0/s1. The van der Waals surface area contributed by atoms with Gasteiger partial charge in [0.1, 0.15) is 24.1 Å². The van der Waals surface area contributed by atoms with Crippen LogP contribution in [0.3, 0.4) is 0 Å². The second kappa shape index (κ2) is 28.3. The number of fused-ring (bicyclic) bond motifs is 2. The number of allylic oxidation sites excluding steroid dienone is 1. The van der Waals surface area contributed by atoms with Crippen LogP contribution in [-0.4, -0.2) is 83.0 Å². The van der Waals surface area contributed by atoms with Crippen LogP contribution in [0.25, 0.3) is 0 Å². The summed E-state index contributed by atoms with van der Waals surface area (Å²) in [5, 5.41) is 39.2. The number of carbonyl (C=O) groups is 2. The molecule has 3 aliphatic carbocycles. The Labute approximate surface area is 416 Å². The van der Waals surface area contributed by atoms with Crippen LogP contribution < -0.4 is 14.8 Å². The number of likely N-dealkylation sites (N-methyl/N-ethyl adjacent to an activating group) is 1. The van der Waals surface area contributed by atoms with Crippen molar-refractivity contribution in [2.75, 3.05) is 33.4 Å². The molecule has 6 rings (SSSR count). The zero-order valence-electron chi connectivity index (χ0n) is 42.2. The maximum absolute atomic E-state index is 14.5. The van der Waals surface area contributed by atoms with Crippen LogP contribution in [0, 0.1) is 33.8 Å². The number of unbranched alkanes of at least 4 members (excludes halogenated alkanes) is 11. The molecule has 386 valence electrons. The molecule has 0 aromatic heterocycles. The molecule has 70 heavy (non-hydrogen) atoms. The van der Waals surface area contributed by atoms with E-state index >= 15 is 0 Å². The number of rotatable bonds is 31. The van der Waals surface area contributed by atoms with Crippen molar-refractivity contribution < 1.29 is 43.8 Å². The summed E-state index contributed by atoms with van der Waals surface area (Å²) in [5.74, 6) is -0.697. The van der Waals surface area contributed by atoms with E-state index in [1.165, 1.54) is 69.9 Å². The van der Waals surface area contributed by atoms with E-state index in [1.807, 2.05) is 19.2 Å². The third-order valence-electron chi connectivity index (χ3n) is 15.3. The number of benzene rings is 2. The zero-order valence-corrected chi connectivity index (χ0v) is 42.2. The van der Waals surface area contributed by atoms with Crippen LogP contribution in [0.15, 0.2) is 71.9 Å². The summed E-state index contributed by atoms with van der Waals surface area (Å²) >= 11 is 0. The molecule has 0 bridgehead atoms. The fourth-order valence-corrected chi connectivity index (χ4v) is 11.6. The summed E-state index contributed by atoms with van der Waals surface area (Å²) < 4.78 is 20.4. The second-order valence-corrected chi connectivity index (χ2v) is 20.2. The van der Waals surface area contributed by atoms with Gasteiger partial charge < -0.3 is 39.5 Å². The first-order valence-corrected chi connectivity index (χ1v) is 26.8. The Morgan fingerprint density at radius 1 is 0.929 bits per heavy atom. The number of hydrogen-bond donors (Lipinski definition) is 3. The molecule has 3 N–H and O–H groups in total. The van der Waals surface area contributed by atoms with E-state index in [-0.39, 0.29) is 62.2 Å². The molecule has 0 spiro atoms.